The molecule has 1 aliphatic rings. The van der Waals surface area contributed by atoms with Crippen molar-refractivity contribution in [2.75, 3.05) is 12.3 Å². The van der Waals surface area contributed by atoms with E-state index in [1.54, 1.807) is 17.8 Å². The van der Waals surface area contributed by atoms with Crippen LogP contribution in [0.5, 0.6) is 5.75 Å². The molecule has 6 heteroatoms. The van der Waals surface area contributed by atoms with Crippen LogP contribution in [-0.4, -0.2) is 17.3 Å². The Morgan fingerprint density at radius 2 is 1.95 bits per heavy atom. The Labute approximate surface area is 160 Å². The molecule has 0 aliphatic carbocycles. The smallest absolute Gasteiger partial charge is 0.146 e. The van der Waals surface area contributed by atoms with Crippen LogP contribution in [-0.2, 0) is 6.61 Å². The molecule has 0 N–H and O–H groups in total. The van der Waals surface area contributed by atoms with E-state index >= 15 is 0 Å². The highest BCUT2D eigenvalue weighted by atomic mass is 127. The van der Waals surface area contributed by atoms with Crippen LogP contribution in [0, 0.1) is 13.0 Å². The minimum atomic E-state index is -0.239. The number of nitrogens with zero attached hydrogens (tertiary/aromatic N) is 1. The number of ether oxygens (including phenoxy) is 1. The second-order valence-electron chi connectivity index (χ2n) is 4.72. The normalized spacial score (nSPS) is 14.0. The topological polar surface area (TPSA) is 21.6 Å². The lowest BCUT2D eigenvalue weighted by molar-refractivity contribution is 0.301. The van der Waals surface area contributed by atoms with Crippen LogP contribution in [0.25, 0.3) is 0 Å². The molecular formula is C16H12FI2NOS. The maximum absolute atomic E-state index is 13.2. The molecule has 2 aromatic carbocycles. The summed E-state index contributed by atoms with van der Waals surface area (Å²) in [5.41, 5.74) is 1.97. The van der Waals surface area contributed by atoms with Crippen LogP contribution in [0.2, 0.25) is 0 Å². The maximum Gasteiger partial charge on any atom is 0.146 e. The van der Waals surface area contributed by atoms with E-state index in [2.05, 4.69) is 62.3 Å². The van der Waals surface area contributed by atoms with E-state index in [4.69, 9.17) is 4.74 Å². The fraction of sp³-hybridized carbons (Fsp3) is 0.188. The zero-order valence-electron chi connectivity index (χ0n) is 11.5. The number of hydrogen-bond acceptors (Lipinski definition) is 3. The molecule has 0 unspecified atom stereocenters. The van der Waals surface area contributed by atoms with Gasteiger partial charge in [0, 0.05) is 17.9 Å². The van der Waals surface area contributed by atoms with Crippen molar-refractivity contribution < 1.29 is 9.13 Å². The van der Waals surface area contributed by atoms with E-state index < -0.39 is 0 Å². The van der Waals surface area contributed by atoms with E-state index in [0.29, 0.717) is 6.61 Å². The fourth-order valence-corrected chi connectivity index (χ4v) is 5.04. The summed E-state index contributed by atoms with van der Waals surface area (Å²) in [6, 6.07) is 10.7. The minimum Gasteiger partial charge on any atom is -0.487 e. The first-order chi connectivity index (χ1) is 10.6. The molecule has 114 valence electrons. The summed E-state index contributed by atoms with van der Waals surface area (Å²) in [5.74, 6) is 1.66. The summed E-state index contributed by atoms with van der Waals surface area (Å²) in [6.07, 6.45) is 0. The predicted octanol–water partition coefficient (Wildman–Crippen LogP) is 5.11. The zero-order chi connectivity index (χ0) is 15.5. The van der Waals surface area contributed by atoms with Crippen molar-refractivity contribution in [1.82, 2.24) is 0 Å². The van der Waals surface area contributed by atoms with Crippen molar-refractivity contribution in [2.45, 2.75) is 6.61 Å². The fourth-order valence-electron chi connectivity index (χ4n) is 2.11. The summed E-state index contributed by atoms with van der Waals surface area (Å²) in [4.78, 5) is 4.51. The van der Waals surface area contributed by atoms with Gasteiger partial charge in [-0.1, -0.05) is 12.1 Å². The lowest BCUT2D eigenvalue weighted by Crippen LogP contribution is -2.02. The zero-order valence-corrected chi connectivity index (χ0v) is 16.6. The van der Waals surface area contributed by atoms with Crippen LogP contribution in [0.3, 0.4) is 0 Å². The molecular weight excluding hydrogens is 527 g/mol. The molecule has 0 spiro atoms. The lowest BCUT2D eigenvalue weighted by Gasteiger charge is -2.12. The monoisotopic (exact) mass is 539 g/mol. The Kier molecular flexibility index (Phi) is 5.61. The highest BCUT2D eigenvalue weighted by Gasteiger charge is 2.15. The largest absolute Gasteiger partial charge is 0.487 e. The maximum atomic E-state index is 13.2. The molecule has 0 radical (unpaired) electrons. The van der Waals surface area contributed by atoms with Crippen molar-refractivity contribution in [1.29, 1.82) is 0 Å². The SMILES string of the molecule is Fc1cccc(COc2c(I)cc(C3=NCCS3)cc2I)c1. The quantitative estimate of drug-likeness (QED) is 0.505. The van der Waals surface area contributed by atoms with Gasteiger partial charge in [0.25, 0.3) is 0 Å². The number of rotatable bonds is 4. The van der Waals surface area contributed by atoms with Gasteiger partial charge in [-0.15, -0.1) is 11.8 Å². The molecule has 0 fully saturated rings. The van der Waals surface area contributed by atoms with Crippen LogP contribution < -0.4 is 4.74 Å². The number of thioether (sulfide) groups is 1. The van der Waals surface area contributed by atoms with Crippen LogP contribution >= 0.6 is 56.9 Å². The number of benzene rings is 2. The highest BCUT2D eigenvalue weighted by molar-refractivity contribution is 14.1. The average Bonchev–Trinajstić information content (AvgIpc) is 3.00. The summed E-state index contributed by atoms with van der Waals surface area (Å²) in [5, 5.41) is 1.10. The van der Waals surface area contributed by atoms with Gasteiger partial charge in [0.05, 0.1) is 12.2 Å². The molecule has 0 atom stereocenters. The number of aliphatic imine (C=N–C) groups is 1. The standard InChI is InChI=1S/C16H12FI2NOS/c17-12-3-1-2-10(6-12)9-21-15-13(18)7-11(8-14(15)19)16-20-4-5-22-16/h1-3,6-8H,4-5,9H2. The second-order valence-corrected chi connectivity index (χ2v) is 8.13. The van der Waals surface area contributed by atoms with Crippen LogP contribution in [0.1, 0.15) is 11.1 Å². The Hall–Kier alpha value is -0.350. The lowest BCUT2D eigenvalue weighted by atomic mass is 10.2. The van der Waals surface area contributed by atoms with Crippen molar-refractivity contribution in [3.8, 4) is 5.75 Å². The number of hydrogen-bond donors (Lipinski definition) is 0. The minimum absolute atomic E-state index is 0.239. The molecule has 0 aromatic heterocycles. The van der Waals surface area contributed by atoms with E-state index in [-0.39, 0.29) is 5.82 Å². The van der Waals surface area contributed by atoms with Crippen LogP contribution in [0.15, 0.2) is 41.4 Å². The second kappa shape index (κ2) is 7.48. The van der Waals surface area contributed by atoms with Gasteiger partial charge < -0.3 is 4.74 Å². The molecule has 22 heavy (non-hydrogen) atoms. The van der Waals surface area contributed by atoms with E-state index in [1.807, 2.05) is 6.07 Å². The summed E-state index contributed by atoms with van der Waals surface area (Å²) in [7, 11) is 0. The Bertz CT molecular complexity index is 713. The van der Waals surface area contributed by atoms with Crippen LogP contribution in [0.4, 0.5) is 4.39 Å². The van der Waals surface area contributed by atoms with Gasteiger partial charge in [0.1, 0.15) is 18.2 Å². The average molecular weight is 539 g/mol. The van der Waals surface area contributed by atoms with Gasteiger partial charge in [0.2, 0.25) is 0 Å². The first-order valence-electron chi connectivity index (χ1n) is 6.67. The molecule has 0 saturated carbocycles. The van der Waals surface area contributed by atoms with Crippen molar-refractivity contribution in [2.24, 2.45) is 4.99 Å². The van der Waals surface area contributed by atoms with E-state index in [9.17, 15) is 4.39 Å². The summed E-state index contributed by atoms with van der Waals surface area (Å²) < 4.78 is 21.2. The Morgan fingerprint density at radius 1 is 1.18 bits per heavy atom. The summed E-state index contributed by atoms with van der Waals surface area (Å²) >= 11 is 6.35. The number of halogens is 3. The van der Waals surface area contributed by atoms with Gasteiger partial charge in [-0.25, -0.2) is 4.39 Å². The molecule has 0 amide bonds. The van der Waals surface area contributed by atoms with E-state index in [1.165, 1.54) is 12.1 Å². The summed E-state index contributed by atoms with van der Waals surface area (Å²) in [6.45, 7) is 1.25. The molecule has 2 nitrogen and oxygen atoms in total. The third kappa shape index (κ3) is 3.94. The van der Waals surface area contributed by atoms with Crippen molar-refractivity contribution in [3.05, 3.63) is 60.5 Å². The highest BCUT2D eigenvalue weighted by Crippen LogP contribution is 2.32. The van der Waals surface area contributed by atoms with Gasteiger partial charge in [-0.2, -0.15) is 0 Å². The molecule has 1 aliphatic heterocycles. The Balaban J connectivity index is 1.79. The molecule has 3 rings (SSSR count). The molecule has 2 aromatic rings. The van der Waals surface area contributed by atoms with Crippen molar-refractivity contribution in [3.63, 3.8) is 0 Å². The first-order valence-corrected chi connectivity index (χ1v) is 9.82. The molecule has 0 saturated heterocycles. The van der Waals surface area contributed by atoms with Gasteiger partial charge >= 0.3 is 0 Å². The predicted molar refractivity (Wildman–Crippen MR) is 106 cm³/mol. The molecule has 1 heterocycles. The first kappa shape index (κ1) is 16.5. The van der Waals surface area contributed by atoms with Gasteiger partial charge in [-0.05, 0) is 75.0 Å². The van der Waals surface area contributed by atoms with Crippen molar-refractivity contribution >= 4 is 62.0 Å². The van der Waals surface area contributed by atoms with Gasteiger partial charge in [-0.3, -0.25) is 4.99 Å². The third-order valence-electron chi connectivity index (χ3n) is 3.10. The molecule has 0 bridgehead atoms. The Morgan fingerprint density at radius 3 is 2.59 bits per heavy atom. The van der Waals surface area contributed by atoms with E-state index in [0.717, 1.165) is 41.4 Å². The third-order valence-corrected chi connectivity index (χ3v) is 5.73. The van der Waals surface area contributed by atoms with Gasteiger partial charge in [0.15, 0.2) is 0 Å².